The molecule has 1 aliphatic rings. The molecule has 7 heteroatoms. The van der Waals surface area contributed by atoms with Gasteiger partial charge in [0.1, 0.15) is 11.0 Å². The molecule has 1 aromatic rings. The maximum Gasteiger partial charge on any atom is 0.242 e. The van der Waals surface area contributed by atoms with Crippen LogP contribution in [0.1, 0.15) is 24.8 Å². The lowest BCUT2D eigenvalue weighted by Gasteiger charge is -2.19. The van der Waals surface area contributed by atoms with Crippen molar-refractivity contribution in [3.63, 3.8) is 0 Å². The molecule has 0 saturated heterocycles. The molecular weight excluding hydrogens is 298 g/mol. The van der Waals surface area contributed by atoms with Crippen LogP contribution >= 0.6 is 11.6 Å². The SMILES string of the molecule is N#Cc1c(Cl)cccc1S(=O)(=O)N[C@@H]1CCC[C@@H]1CN. The van der Waals surface area contributed by atoms with Crippen LogP contribution in [0.4, 0.5) is 0 Å². The zero-order valence-electron chi connectivity index (χ0n) is 10.8. The van der Waals surface area contributed by atoms with E-state index in [1.807, 2.05) is 6.07 Å². The second-order valence-electron chi connectivity index (χ2n) is 4.88. The number of benzene rings is 1. The Morgan fingerprint density at radius 1 is 1.45 bits per heavy atom. The van der Waals surface area contributed by atoms with Crippen molar-refractivity contribution < 1.29 is 8.42 Å². The van der Waals surface area contributed by atoms with E-state index >= 15 is 0 Å². The molecule has 1 fully saturated rings. The lowest BCUT2D eigenvalue weighted by molar-refractivity contribution is 0.453. The minimum atomic E-state index is -3.76. The number of nitriles is 1. The first kappa shape index (κ1) is 15.3. The molecule has 0 radical (unpaired) electrons. The average molecular weight is 314 g/mol. The van der Waals surface area contributed by atoms with Crippen molar-refractivity contribution in [1.82, 2.24) is 4.72 Å². The standard InChI is InChI=1S/C13H16ClN3O2S/c14-11-4-2-6-13(10(11)8-16)20(18,19)17-12-5-1-3-9(12)7-15/h2,4,6,9,12,17H,1,3,5,7,15H2/t9-,12-/m1/s1. The summed E-state index contributed by atoms with van der Waals surface area (Å²) in [6, 6.07) is 6.08. The molecule has 1 aromatic carbocycles. The normalized spacial score (nSPS) is 22.6. The summed E-state index contributed by atoms with van der Waals surface area (Å²) in [7, 11) is -3.76. The van der Waals surface area contributed by atoms with Crippen LogP contribution in [0.3, 0.4) is 0 Å². The van der Waals surface area contributed by atoms with E-state index in [4.69, 9.17) is 22.6 Å². The summed E-state index contributed by atoms with van der Waals surface area (Å²) in [5, 5.41) is 9.21. The Balaban J connectivity index is 2.32. The molecule has 1 aliphatic carbocycles. The summed E-state index contributed by atoms with van der Waals surface area (Å²) in [5.74, 6) is 0.148. The van der Waals surface area contributed by atoms with Crippen molar-refractivity contribution in [1.29, 1.82) is 5.26 Å². The summed E-state index contributed by atoms with van der Waals surface area (Å²) in [4.78, 5) is -0.0739. The van der Waals surface area contributed by atoms with Gasteiger partial charge in [-0.2, -0.15) is 5.26 Å². The van der Waals surface area contributed by atoms with Gasteiger partial charge in [0.25, 0.3) is 0 Å². The molecule has 20 heavy (non-hydrogen) atoms. The molecule has 108 valence electrons. The Morgan fingerprint density at radius 3 is 2.85 bits per heavy atom. The molecular formula is C13H16ClN3O2S. The van der Waals surface area contributed by atoms with Crippen molar-refractivity contribution in [3.8, 4) is 6.07 Å². The largest absolute Gasteiger partial charge is 0.330 e. The van der Waals surface area contributed by atoms with Crippen LogP contribution in [-0.4, -0.2) is 21.0 Å². The molecule has 0 amide bonds. The lowest BCUT2D eigenvalue weighted by Crippen LogP contribution is -2.40. The van der Waals surface area contributed by atoms with E-state index in [0.717, 1.165) is 19.3 Å². The van der Waals surface area contributed by atoms with Crippen molar-refractivity contribution in [3.05, 3.63) is 28.8 Å². The first-order chi connectivity index (χ1) is 9.49. The fraction of sp³-hybridized carbons (Fsp3) is 0.462. The summed E-state index contributed by atoms with van der Waals surface area (Å²) in [5.41, 5.74) is 5.63. The summed E-state index contributed by atoms with van der Waals surface area (Å²) in [6.45, 7) is 0.452. The van der Waals surface area contributed by atoms with E-state index in [9.17, 15) is 8.42 Å². The number of hydrogen-bond donors (Lipinski definition) is 2. The first-order valence-corrected chi connectivity index (χ1v) is 8.26. The first-order valence-electron chi connectivity index (χ1n) is 6.40. The number of nitrogens with two attached hydrogens (primary N) is 1. The number of halogens is 1. The van der Waals surface area contributed by atoms with Crippen LogP contribution in [0.15, 0.2) is 23.1 Å². The topological polar surface area (TPSA) is 96.0 Å². The molecule has 0 heterocycles. The highest BCUT2D eigenvalue weighted by Gasteiger charge is 2.31. The van der Waals surface area contributed by atoms with E-state index in [1.54, 1.807) is 0 Å². The Labute approximate surface area is 123 Å². The predicted molar refractivity (Wildman–Crippen MR) is 76.7 cm³/mol. The maximum absolute atomic E-state index is 12.4. The summed E-state index contributed by atoms with van der Waals surface area (Å²) < 4.78 is 27.5. The van der Waals surface area contributed by atoms with Gasteiger partial charge < -0.3 is 5.73 Å². The molecule has 0 bridgehead atoms. The maximum atomic E-state index is 12.4. The molecule has 0 aromatic heterocycles. The fourth-order valence-corrected chi connectivity index (χ4v) is 4.36. The highest BCUT2D eigenvalue weighted by atomic mass is 35.5. The van der Waals surface area contributed by atoms with Gasteiger partial charge in [-0.3, -0.25) is 0 Å². The third-order valence-electron chi connectivity index (χ3n) is 3.65. The molecule has 2 atom stereocenters. The van der Waals surface area contributed by atoms with Gasteiger partial charge in [0.2, 0.25) is 10.0 Å². The third-order valence-corrected chi connectivity index (χ3v) is 5.49. The quantitative estimate of drug-likeness (QED) is 0.882. The van der Waals surface area contributed by atoms with Gasteiger partial charge in [-0.1, -0.05) is 24.1 Å². The average Bonchev–Trinajstić information content (AvgIpc) is 2.84. The Hall–Kier alpha value is -1.13. The van der Waals surface area contributed by atoms with Crippen LogP contribution in [-0.2, 0) is 10.0 Å². The smallest absolute Gasteiger partial charge is 0.242 e. The minimum Gasteiger partial charge on any atom is -0.330 e. The molecule has 5 nitrogen and oxygen atoms in total. The van der Waals surface area contributed by atoms with Gasteiger partial charge in [0, 0.05) is 6.04 Å². The third kappa shape index (κ3) is 2.96. The number of hydrogen-bond acceptors (Lipinski definition) is 4. The van der Waals surface area contributed by atoms with Gasteiger partial charge in [0.05, 0.1) is 10.6 Å². The summed E-state index contributed by atoms with van der Waals surface area (Å²) >= 11 is 5.87. The van der Waals surface area contributed by atoms with Gasteiger partial charge in [0.15, 0.2) is 0 Å². The monoisotopic (exact) mass is 313 g/mol. The van der Waals surface area contributed by atoms with Crippen LogP contribution in [0.25, 0.3) is 0 Å². The Morgan fingerprint density at radius 2 is 2.20 bits per heavy atom. The van der Waals surface area contributed by atoms with Crippen molar-refractivity contribution in [2.24, 2.45) is 11.7 Å². The van der Waals surface area contributed by atoms with E-state index in [1.165, 1.54) is 18.2 Å². The van der Waals surface area contributed by atoms with Gasteiger partial charge >= 0.3 is 0 Å². The fourth-order valence-electron chi connectivity index (χ4n) is 2.57. The lowest BCUT2D eigenvalue weighted by atomic mass is 10.1. The second kappa shape index (κ2) is 6.10. The van der Waals surface area contributed by atoms with Crippen LogP contribution in [0.5, 0.6) is 0 Å². The van der Waals surface area contributed by atoms with Gasteiger partial charge in [-0.15, -0.1) is 0 Å². The van der Waals surface area contributed by atoms with Crippen molar-refractivity contribution >= 4 is 21.6 Å². The zero-order chi connectivity index (χ0) is 14.8. The van der Waals surface area contributed by atoms with Crippen molar-refractivity contribution in [2.75, 3.05) is 6.54 Å². The molecule has 0 spiro atoms. The Kier molecular flexibility index (Phi) is 4.66. The van der Waals surface area contributed by atoms with Crippen LogP contribution in [0, 0.1) is 17.2 Å². The highest BCUT2D eigenvalue weighted by molar-refractivity contribution is 7.89. The number of rotatable bonds is 4. The zero-order valence-corrected chi connectivity index (χ0v) is 12.4. The molecule has 3 N–H and O–H groups in total. The predicted octanol–water partition coefficient (Wildman–Crippen LogP) is 1.62. The van der Waals surface area contributed by atoms with E-state index in [-0.39, 0.29) is 27.4 Å². The van der Waals surface area contributed by atoms with E-state index < -0.39 is 10.0 Å². The van der Waals surface area contributed by atoms with Gasteiger partial charge in [-0.25, -0.2) is 13.1 Å². The van der Waals surface area contributed by atoms with E-state index in [2.05, 4.69) is 4.72 Å². The van der Waals surface area contributed by atoms with Gasteiger partial charge in [-0.05, 0) is 37.4 Å². The molecule has 0 unspecified atom stereocenters. The number of nitrogens with zero attached hydrogens (tertiary/aromatic N) is 1. The molecule has 0 aliphatic heterocycles. The highest BCUT2D eigenvalue weighted by Crippen LogP contribution is 2.28. The minimum absolute atomic E-state index is 0.0241. The summed E-state index contributed by atoms with van der Waals surface area (Å²) in [6.07, 6.45) is 2.64. The van der Waals surface area contributed by atoms with Crippen molar-refractivity contribution in [2.45, 2.75) is 30.2 Å². The second-order valence-corrected chi connectivity index (χ2v) is 6.97. The van der Waals surface area contributed by atoms with E-state index in [0.29, 0.717) is 6.54 Å². The Bertz CT molecular complexity index is 640. The molecule has 1 saturated carbocycles. The number of sulfonamides is 1. The number of nitrogens with one attached hydrogen (secondary N) is 1. The van der Waals surface area contributed by atoms with Crippen LogP contribution in [0.2, 0.25) is 5.02 Å². The van der Waals surface area contributed by atoms with Crippen LogP contribution < -0.4 is 10.5 Å². The molecule has 2 rings (SSSR count).